The van der Waals surface area contributed by atoms with Gasteiger partial charge < -0.3 is 13.5 Å². The van der Waals surface area contributed by atoms with Gasteiger partial charge in [0, 0.05) is 0 Å². The number of carboxylic acid groups (broad SMARTS) is 1. The normalized spacial score (nSPS) is 37.3. The average molecular weight is 316 g/mol. The average Bonchev–Trinajstić information content (AvgIpc) is 2.95. The lowest BCUT2D eigenvalue weighted by Crippen LogP contribution is -2.27. The number of carbonyl (C=O) groups is 2. The topological polar surface area (TPSA) is 107 Å². The van der Waals surface area contributed by atoms with Crippen molar-refractivity contribution >= 4 is 22.3 Å². The Labute approximate surface area is 122 Å². The van der Waals surface area contributed by atoms with Crippen molar-refractivity contribution in [3.05, 3.63) is 11.8 Å². The van der Waals surface area contributed by atoms with Crippen molar-refractivity contribution in [2.75, 3.05) is 0 Å². The molecular weight excluding hydrogens is 300 g/mol. The van der Waals surface area contributed by atoms with Crippen LogP contribution in [0.15, 0.2) is 11.8 Å². The first-order valence-electron chi connectivity index (χ1n) is 6.95. The molecule has 0 radical (unpaired) electrons. The van der Waals surface area contributed by atoms with Crippen LogP contribution >= 0.6 is 0 Å². The van der Waals surface area contributed by atoms with E-state index in [1.165, 1.54) is 6.42 Å². The monoisotopic (exact) mass is 316 g/mol. The van der Waals surface area contributed by atoms with E-state index in [0.29, 0.717) is 24.5 Å². The van der Waals surface area contributed by atoms with Crippen molar-refractivity contribution in [1.82, 2.24) is 0 Å². The predicted octanol–water partition coefficient (Wildman–Crippen LogP) is 1.22. The Morgan fingerprint density at radius 3 is 2.67 bits per heavy atom. The summed E-state index contributed by atoms with van der Waals surface area (Å²) < 4.78 is 31.1. The van der Waals surface area contributed by atoms with Crippen molar-refractivity contribution in [2.45, 2.75) is 32.1 Å². The molecule has 0 amide bonds. The van der Waals surface area contributed by atoms with E-state index < -0.39 is 28.3 Å². The number of carbonyl (C=O) groups excluding carboxylic acids is 1. The van der Waals surface area contributed by atoms with Crippen molar-refractivity contribution in [3.63, 3.8) is 0 Å². The van der Waals surface area contributed by atoms with Crippen molar-refractivity contribution in [2.24, 2.45) is 23.7 Å². The highest BCUT2D eigenvalue weighted by atomic mass is 32.3. The summed E-state index contributed by atoms with van der Waals surface area (Å²) in [7, 11) is -4.50. The zero-order chi connectivity index (χ0) is 15.2. The molecule has 2 aliphatic carbocycles. The summed E-state index contributed by atoms with van der Waals surface area (Å²) in [5.74, 6) is -2.13. The van der Waals surface area contributed by atoms with Crippen LogP contribution in [0, 0.1) is 23.7 Å². The molecule has 3 aliphatic rings. The Morgan fingerprint density at radius 2 is 2.10 bits per heavy atom. The van der Waals surface area contributed by atoms with Crippen LogP contribution in [-0.2, 0) is 28.4 Å². The highest BCUT2D eigenvalue weighted by molar-refractivity contribution is 7.82. The molecule has 7 nitrogen and oxygen atoms in total. The molecule has 0 aromatic carbocycles. The van der Waals surface area contributed by atoms with E-state index in [4.69, 9.17) is 0 Å². The summed E-state index contributed by atoms with van der Waals surface area (Å²) in [5, 5.41) is 9.18. The minimum atomic E-state index is -4.50. The molecule has 4 atom stereocenters. The van der Waals surface area contributed by atoms with Gasteiger partial charge in [-0.1, -0.05) is 6.42 Å². The molecular formula is C13H16O7S. The summed E-state index contributed by atoms with van der Waals surface area (Å²) in [6.07, 6.45) is 5.28. The van der Waals surface area contributed by atoms with Crippen LogP contribution in [0.1, 0.15) is 32.1 Å². The fraction of sp³-hybridized carbons (Fsp3) is 0.692. The van der Waals surface area contributed by atoms with Gasteiger partial charge in [-0.05, 0) is 43.4 Å². The largest absolute Gasteiger partial charge is 0.502 e. The Morgan fingerprint density at radius 1 is 1.33 bits per heavy atom. The molecule has 1 N–H and O–H groups in total. The second-order valence-corrected chi connectivity index (χ2v) is 7.18. The first kappa shape index (κ1) is 14.4. The third-order valence-electron chi connectivity index (χ3n) is 4.81. The summed E-state index contributed by atoms with van der Waals surface area (Å²) in [6, 6.07) is 0. The van der Waals surface area contributed by atoms with Crippen molar-refractivity contribution in [3.8, 4) is 0 Å². The van der Waals surface area contributed by atoms with Crippen LogP contribution in [-0.4, -0.2) is 25.5 Å². The van der Waals surface area contributed by atoms with Gasteiger partial charge in [0.05, 0.1) is 11.5 Å². The molecule has 21 heavy (non-hydrogen) atoms. The first-order chi connectivity index (χ1) is 9.85. The van der Waals surface area contributed by atoms with Crippen LogP contribution in [0.5, 0.6) is 0 Å². The molecule has 2 saturated carbocycles. The number of aliphatic carboxylic acids is 1. The Balaban J connectivity index is 1.83. The molecule has 2 fully saturated rings. The maximum Gasteiger partial charge on any atom is 0.502 e. The SMILES string of the molecule is O=C(O)C1=COS(=O)(=O)OC(=O)C1CC1CC2CCC1C2. The number of carboxylic acids is 1. The van der Waals surface area contributed by atoms with Gasteiger partial charge in [0.15, 0.2) is 0 Å². The maximum absolute atomic E-state index is 12.0. The van der Waals surface area contributed by atoms with Crippen LogP contribution in [0.25, 0.3) is 0 Å². The third-order valence-corrected chi connectivity index (χ3v) is 5.51. The van der Waals surface area contributed by atoms with E-state index in [1.54, 1.807) is 0 Å². The predicted molar refractivity (Wildman–Crippen MR) is 68.9 cm³/mol. The van der Waals surface area contributed by atoms with Gasteiger partial charge in [0.2, 0.25) is 0 Å². The minimum absolute atomic E-state index is 0.241. The zero-order valence-corrected chi connectivity index (χ0v) is 12.0. The van der Waals surface area contributed by atoms with E-state index in [2.05, 4.69) is 8.37 Å². The van der Waals surface area contributed by atoms with E-state index in [1.807, 2.05) is 0 Å². The van der Waals surface area contributed by atoms with Gasteiger partial charge in [-0.2, -0.15) is 0 Å². The molecule has 2 bridgehead atoms. The maximum atomic E-state index is 12.0. The molecule has 0 spiro atoms. The van der Waals surface area contributed by atoms with Crippen LogP contribution in [0.4, 0.5) is 0 Å². The lowest BCUT2D eigenvalue weighted by atomic mass is 9.80. The first-order valence-corrected chi connectivity index (χ1v) is 8.29. The fourth-order valence-corrected chi connectivity index (χ4v) is 4.47. The molecule has 1 heterocycles. The fourth-order valence-electron chi connectivity index (χ4n) is 3.89. The molecule has 3 rings (SSSR count). The molecule has 116 valence electrons. The molecule has 8 heteroatoms. The van der Waals surface area contributed by atoms with E-state index in [0.717, 1.165) is 19.3 Å². The van der Waals surface area contributed by atoms with Crippen molar-refractivity contribution in [1.29, 1.82) is 0 Å². The van der Waals surface area contributed by atoms with E-state index >= 15 is 0 Å². The molecule has 1 aliphatic heterocycles. The lowest BCUT2D eigenvalue weighted by Gasteiger charge is -2.24. The molecule has 4 unspecified atom stereocenters. The van der Waals surface area contributed by atoms with Gasteiger partial charge in [0.25, 0.3) is 0 Å². The van der Waals surface area contributed by atoms with Crippen LogP contribution in [0.2, 0.25) is 0 Å². The Hall–Kier alpha value is -1.57. The molecule has 0 aromatic rings. The summed E-state index contributed by atoms with van der Waals surface area (Å²) in [4.78, 5) is 23.2. The Bertz CT molecular complexity index is 606. The van der Waals surface area contributed by atoms with Crippen molar-refractivity contribution < 1.29 is 31.5 Å². The van der Waals surface area contributed by atoms with Gasteiger partial charge >= 0.3 is 22.3 Å². The minimum Gasteiger partial charge on any atom is -0.478 e. The van der Waals surface area contributed by atoms with Gasteiger partial charge in [-0.25, -0.2) is 4.79 Å². The summed E-state index contributed by atoms with van der Waals surface area (Å²) in [6.45, 7) is 0. The zero-order valence-electron chi connectivity index (χ0n) is 11.2. The summed E-state index contributed by atoms with van der Waals surface area (Å²) >= 11 is 0. The molecule has 0 aromatic heterocycles. The number of fused-ring (bicyclic) bond motifs is 2. The highest BCUT2D eigenvalue weighted by Gasteiger charge is 2.44. The highest BCUT2D eigenvalue weighted by Crippen LogP contribution is 2.51. The second kappa shape index (κ2) is 5.01. The van der Waals surface area contributed by atoms with E-state index in [-0.39, 0.29) is 11.5 Å². The standard InChI is InChI=1S/C13H16O7S/c14-12(15)11-6-19-21(17,18)20-13(16)10(11)5-9-4-7-1-2-8(9)3-7/h6-10H,1-5H2,(H,14,15). The van der Waals surface area contributed by atoms with Gasteiger partial charge in [0.1, 0.15) is 6.26 Å². The third kappa shape index (κ3) is 2.76. The van der Waals surface area contributed by atoms with Crippen LogP contribution in [0.3, 0.4) is 0 Å². The van der Waals surface area contributed by atoms with Gasteiger partial charge in [-0.3, -0.25) is 4.79 Å². The van der Waals surface area contributed by atoms with Gasteiger partial charge in [-0.15, -0.1) is 8.42 Å². The number of hydrogen-bond donors (Lipinski definition) is 1. The number of rotatable bonds is 3. The Kier molecular flexibility index (Phi) is 3.43. The number of hydrogen-bond acceptors (Lipinski definition) is 6. The second-order valence-electron chi connectivity index (χ2n) is 6.01. The van der Waals surface area contributed by atoms with Crippen LogP contribution < -0.4 is 0 Å². The summed E-state index contributed by atoms with van der Waals surface area (Å²) in [5.41, 5.74) is -0.358. The van der Waals surface area contributed by atoms with E-state index in [9.17, 15) is 23.1 Å². The smallest absolute Gasteiger partial charge is 0.478 e. The lowest BCUT2D eigenvalue weighted by molar-refractivity contribution is -0.141. The quantitative estimate of drug-likeness (QED) is 0.834. The molecule has 0 saturated heterocycles.